The largest absolute Gasteiger partial charge is 0.462 e. The summed E-state index contributed by atoms with van der Waals surface area (Å²) >= 11 is 0. The minimum Gasteiger partial charge on any atom is -0.462 e. The van der Waals surface area contributed by atoms with Gasteiger partial charge in [0.25, 0.3) is 0 Å². The number of carbonyl (C=O) groups is 3. The predicted molar refractivity (Wildman–Crippen MR) is 275 cm³/mol. The van der Waals surface area contributed by atoms with Gasteiger partial charge in [0.15, 0.2) is 6.10 Å². The van der Waals surface area contributed by atoms with Gasteiger partial charge in [-0.25, -0.2) is 0 Å². The van der Waals surface area contributed by atoms with Gasteiger partial charge in [-0.05, 0) is 96.3 Å². The van der Waals surface area contributed by atoms with E-state index in [1.54, 1.807) is 0 Å². The smallest absolute Gasteiger partial charge is 0.306 e. The Bertz CT molecular complexity index is 1170. The fraction of sp³-hybridized carbons (Fsp3) is 0.776. The van der Waals surface area contributed by atoms with E-state index in [-0.39, 0.29) is 37.5 Å². The van der Waals surface area contributed by atoms with Crippen LogP contribution in [0.15, 0.2) is 60.8 Å². The number of allylic oxidation sites excluding steroid dienone is 10. The molecular weight excluding hydrogens is 793 g/mol. The molecule has 0 fully saturated rings. The molecule has 0 N–H and O–H groups in total. The van der Waals surface area contributed by atoms with Crippen molar-refractivity contribution < 1.29 is 28.6 Å². The van der Waals surface area contributed by atoms with E-state index in [0.29, 0.717) is 19.3 Å². The van der Waals surface area contributed by atoms with E-state index in [9.17, 15) is 14.4 Å². The Labute approximate surface area is 396 Å². The highest BCUT2D eigenvalue weighted by Gasteiger charge is 2.19. The van der Waals surface area contributed by atoms with E-state index in [1.807, 2.05) is 0 Å². The third-order valence-corrected chi connectivity index (χ3v) is 11.7. The second-order valence-corrected chi connectivity index (χ2v) is 18.1. The molecule has 0 rings (SSSR count). The Morgan fingerprint density at radius 2 is 0.625 bits per heavy atom. The molecule has 0 amide bonds. The first-order chi connectivity index (χ1) is 31.5. The number of rotatable bonds is 49. The van der Waals surface area contributed by atoms with Crippen molar-refractivity contribution in [2.45, 2.75) is 277 Å². The quantitative estimate of drug-likeness (QED) is 0.0262. The van der Waals surface area contributed by atoms with Gasteiger partial charge < -0.3 is 14.2 Å². The normalized spacial score (nSPS) is 12.5. The van der Waals surface area contributed by atoms with Gasteiger partial charge in [0, 0.05) is 19.3 Å². The highest BCUT2D eigenvalue weighted by Crippen LogP contribution is 2.15. The van der Waals surface area contributed by atoms with Crippen LogP contribution in [-0.2, 0) is 28.6 Å². The van der Waals surface area contributed by atoms with E-state index >= 15 is 0 Å². The van der Waals surface area contributed by atoms with Crippen molar-refractivity contribution in [1.29, 1.82) is 0 Å². The summed E-state index contributed by atoms with van der Waals surface area (Å²) in [6.07, 6.45) is 65.1. The average molecular weight is 895 g/mol. The van der Waals surface area contributed by atoms with Crippen LogP contribution in [0.3, 0.4) is 0 Å². The Morgan fingerprint density at radius 1 is 0.328 bits per heavy atom. The molecule has 1 atom stereocenters. The molecule has 0 spiro atoms. The van der Waals surface area contributed by atoms with E-state index in [4.69, 9.17) is 14.2 Å². The molecule has 6 heteroatoms. The summed E-state index contributed by atoms with van der Waals surface area (Å²) in [7, 11) is 0. The maximum Gasteiger partial charge on any atom is 0.306 e. The summed E-state index contributed by atoms with van der Waals surface area (Å²) in [6, 6.07) is 0. The van der Waals surface area contributed by atoms with Crippen molar-refractivity contribution in [3.63, 3.8) is 0 Å². The van der Waals surface area contributed by atoms with Gasteiger partial charge in [-0.2, -0.15) is 0 Å². The fourth-order valence-electron chi connectivity index (χ4n) is 7.63. The van der Waals surface area contributed by atoms with Crippen LogP contribution < -0.4 is 0 Å². The number of esters is 3. The topological polar surface area (TPSA) is 78.9 Å². The number of carbonyl (C=O) groups excluding carboxylic acids is 3. The van der Waals surface area contributed by atoms with Gasteiger partial charge in [-0.15, -0.1) is 0 Å². The first kappa shape index (κ1) is 61.1. The first-order valence-electron chi connectivity index (χ1n) is 27.3. The molecule has 64 heavy (non-hydrogen) atoms. The molecule has 6 nitrogen and oxygen atoms in total. The van der Waals surface area contributed by atoms with Crippen LogP contribution >= 0.6 is 0 Å². The third kappa shape index (κ3) is 50.1. The van der Waals surface area contributed by atoms with E-state index < -0.39 is 6.10 Å². The second-order valence-electron chi connectivity index (χ2n) is 18.1. The average Bonchev–Trinajstić information content (AvgIpc) is 3.29. The maximum atomic E-state index is 12.8. The molecular formula is C58H102O6. The first-order valence-corrected chi connectivity index (χ1v) is 27.3. The molecule has 0 aromatic rings. The van der Waals surface area contributed by atoms with Crippen molar-refractivity contribution in [1.82, 2.24) is 0 Å². The van der Waals surface area contributed by atoms with Gasteiger partial charge in [-0.1, -0.05) is 216 Å². The van der Waals surface area contributed by atoms with Gasteiger partial charge in [-0.3, -0.25) is 14.4 Å². The predicted octanol–water partition coefficient (Wildman–Crippen LogP) is 18.0. The lowest BCUT2D eigenvalue weighted by Crippen LogP contribution is -2.30. The summed E-state index contributed by atoms with van der Waals surface area (Å²) in [5.41, 5.74) is 0. The third-order valence-electron chi connectivity index (χ3n) is 11.7. The minimum atomic E-state index is -0.799. The molecule has 0 radical (unpaired) electrons. The zero-order valence-corrected chi connectivity index (χ0v) is 42.3. The summed E-state index contributed by atoms with van der Waals surface area (Å²) in [5, 5.41) is 0. The molecule has 1 unspecified atom stereocenters. The number of ether oxygens (including phenoxy) is 3. The molecule has 0 aliphatic carbocycles. The van der Waals surface area contributed by atoms with Gasteiger partial charge in [0.05, 0.1) is 0 Å². The Hall–Kier alpha value is -2.89. The van der Waals surface area contributed by atoms with Crippen LogP contribution in [0.2, 0.25) is 0 Å². The molecule has 0 aromatic carbocycles. The second kappa shape index (κ2) is 52.7. The molecule has 0 aromatic heterocycles. The maximum absolute atomic E-state index is 12.8. The summed E-state index contributed by atoms with van der Waals surface area (Å²) in [6.45, 7) is 6.47. The molecule has 0 saturated heterocycles. The molecule has 0 heterocycles. The number of unbranched alkanes of at least 4 members (excludes halogenated alkanes) is 28. The van der Waals surface area contributed by atoms with Crippen LogP contribution in [0.1, 0.15) is 271 Å². The molecule has 0 aliphatic heterocycles. The standard InChI is InChI=1S/C58H102O6/c1-4-7-10-13-16-19-22-24-26-28-30-31-33-36-39-42-45-48-51-57(60)63-54-55(53-62-56(59)50-47-44-41-38-35-21-18-15-12-9-6-3)64-58(61)52-49-46-43-40-37-34-32-29-27-25-23-20-17-14-11-8-5-2/h9,12,18,21,25,27,30-31,38,41,55H,4-8,10-11,13-17,19-20,22-24,26,28-29,32-37,39-40,42-54H2,1-3H3/b12-9-,21-18-,27-25-,31-30-,41-38-. The highest BCUT2D eigenvalue weighted by molar-refractivity contribution is 5.71. The summed E-state index contributed by atoms with van der Waals surface area (Å²) < 4.78 is 16.8. The van der Waals surface area contributed by atoms with Crippen LogP contribution in [0.25, 0.3) is 0 Å². The lowest BCUT2D eigenvalue weighted by molar-refractivity contribution is -0.167. The SMILES string of the molecule is CC/C=C\C/C=C\C/C=C\CCCC(=O)OCC(COC(=O)CCCCCCC/C=C\CCCCCCCCCCC)OC(=O)CCCCCCCCC/C=C\CCCCCCCC. The van der Waals surface area contributed by atoms with Crippen LogP contribution in [0.4, 0.5) is 0 Å². The fourth-order valence-corrected chi connectivity index (χ4v) is 7.63. The van der Waals surface area contributed by atoms with Crippen LogP contribution in [0.5, 0.6) is 0 Å². The lowest BCUT2D eigenvalue weighted by Gasteiger charge is -2.18. The molecule has 0 bridgehead atoms. The zero-order valence-electron chi connectivity index (χ0n) is 42.3. The van der Waals surface area contributed by atoms with E-state index in [2.05, 4.69) is 81.5 Å². The van der Waals surface area contributed by atoms with Gasteiger partial charge in [0.1, 0.15) is 13.2 Å². The minimum absolute atomic E-state index is 0.0953. The van der Waals surface area contributed by atoms with E-state index in [0.717, 1.165) is 70.6 Å². The highest BCUT2D eigenvalue weighted by atomic mass is 16.6. The van der Waals surface area contributed by atoms with Gasteiger partial charge >= 0.3 is 17.9 Å². The van der Waals surface area contributed by atoms with Crippen molar-refractivity contribution >= 4 is 17.9 Å². The molecule has 0 saturated carbocycles. The van der Waals surface area contributed by atoms with E-state index in [1.165, 1.54) is 154 Å². The number of hydrogen-bond acceptors (Lipinski definition) is 6. The Balaban J connectivity index is 4.38. The molecule has 0 aliphatic rings. The summed E-state index contributed by atoms with van der Waals surface area (Å²) in [4.78, 5) is 38.0. The van der Waals surface area contributed by atoms with Crippen molar-refractivity contribution in [3.8, 4) is 0 Å². The molecule has 370 valence electrons. The van der Waals surface area contributed by atoms with Crippen LogP contribution in [0, 0.1) is 0 Å². The zero-order chi connectivity index (χ0) is 46.5. The van der Waals surface area contributed by atoms with Crippen molar-refractivity contribution in [3.05, 3.63) is 60.8 Å². The monoisotopic (exact) mass is 895 g/mol. The van der Waals surface area contributed by atoms with Crippen LogP contribution in [-0.4, -0.2) is 37.2 Å². The Kier molecular flexibility index (Phi) is 50.4. The van der Waals surface area contributed by atoms with Crippen molar-refractivity contribution in [2.75, 3.05) is 13.2 Å². The lowest BCUT2D eigenvalue weighted by atomic mass is 10.1. The van der Waals surface area contributed by atoms with Crippen molar-refractivity contribution in [2.24, 2.45) is 0 Å². The summed E-state index contributed by atoms with van der Waals surface area (Å²) in [5.74, 6) is -0.958. The number of hydrogen-bond donors (Lipinski definition) is 0. The Morgan fingerprint density at radius 3 is 1.03 bits per heavy atom. The van der Waals surface area contributed by atoms with Gasteiger partial charge in [0.2, 0.25) is 0 Å².